The maximum Gasteiger partial charge on any atom is 0.263 e. The van der Waals surface area contributed by atoms with Crippen molar-refractivity contribution in [2.45, 2.75) is 31.9 Å². The molecule has 0 amide bonds. The van der Waals surface area contributed by atoms with E-state index in [1.807, 2.05) is 18.4 Å². The quantitative estimate of drug-likeness (QED) is 0.881. The minimum Gasteiger partial charge on any atom is -0.378 e. The number of hydrogen-bond acceptors (Lipinski definition) is 4. The van der Waals surface area contributed by atoms with Crippen LogP contribution in [-0.4, -0.2) is 22.3 Å². The lowest BCUT2D eigenvalue weighted by molar-refractivity contribution is -0.0209. The van der Waals surface area contributed by atoms with Crippen LogP contribution in [0.1, 0.15) is 25.8 Å². The molecule has 1 N–H and O–H groups in total. The largest absolute Gasteiger partial charge is 0.378 e. The smallest absolute Gasteiger partial charge is 0.263 e. The van der Waals surface area contributed by atoms with E-state index >= 15 is 0 Å². The highest BCUT2D eigenvalue weighted by molar-refractivity contribution is 7.71. The number of rotatable bonds is 3. The maximum absolute atomic E-state index is 12.4. The third-order valence-corrected chi connectivity index (χ3v) is 4.52. The fourth-order valence-electron chi connectivity index (χ4n) is 2.41. The number of nitrogens with zero attached hydrogens (tertiary/aromatic N) is 1. The van der Waals surface area contributed by atoms with Crippen LogP contribution in [0.15, 0.2) is 16.2 Å². The molecule has 4 nitrogen and oxygen atoms in total. The summed E-state index contributed by atoms with van der Waals surface area (Å²) in [6.07, 6.45) is 2.03. The molecule has 2 aromatic heterocycles. The molecule has 0 bridgehead atoms. The van der Waals surface area contributed by atoms with Crippen molar-refractivity contribution in [1.29, 1.82) is 0 Å². The summed E-state index contributed by atoms with van der Waals surface area (Å²) in [5.41, 5.74) is 0.0231. The Kier molecular flexibility index (Phi) is 3.09. The minimum absolute atomic E-state index is 0.0231. The second-order valence-electron chi connectivity index (χ2n) is 4.47. The molecule has 18 heavy (non-hydrogen) atoms. The zero-order chi connectivity index (χ0) is 12.7. The van der Waals surface area contributed by atoms with Gasteiger partial charge in [0.05, 0.1) is 11.5 Å². The predicted molar refractivity (Wildman–Crippen MR) is 75.0 cm³/mol. The van der Waals surface area contributed by atoms with Gasteiger partial charge in [-0.3, -0.25) is 9.36 Å². The lowest BCUT2D eigenvalue weighted by Gasteiger charge is -2.35. The van der Waals surface area contributed by atoms with Gasteiger partial charge in [-0.1, -0.05) is 0 Å². The summed E-state index contributed by atoms with van der Waals surface area (Å²) < 4.78 is 7.76. The average molecular weight is 282 g/mol. The lowest BCUT2D eigenvalue weighted by Crippen LogP contribution is -2.38. The summed E-state index contributed by atoms with van der Waals surface area (Å²) in [6, 6.07) is 2.03. The third-order valence-electron chi connectivity index (χ3n) is 3.39. The molecule has 0 saturated heterocycles. The standard InChI is InChI=1S/C12H14N2O2S2/c1-2-16-8-5-7(6-8)14-11(15)9-3-4-18-10(9)13-12(14)17/h3-4,7-8H,2,5-6H2,1H3,(H,13,17). The van der Waals surface area contributed by atoms with E-state index in [0.717, 1.165) is 29.7 Å². The highest BCUT2D eigenvalue weighted by Crippen LogP contribution is 2.34. The van der Waals surface area contributed by atoms with Gasteiger partial charge in [-0.2, -0.15) is 0 Å². The van der Waals surface area contributed by atoms with Gasteiger partial charge >= 0.3 is 0 Å². The topological polar surface area (TPSA) is 47.0 Å². The van der Waals surface area contributed by atoms with Crippen molar-refractivity contribution in [1.82, 2.24) is 9.55 Å². The number of ether oxygens (including phenoxy) is 1. The number of H-pyrrole nitrogens is 1. The van der Waals surface area contributed by atoms with Gasteiger partial charge in [0.25, 0.3) is 5.56 Å². The van der Waals surface area contributed by atoms with Gasteiger partial charge in [0, 0.05) is 12.6 Å². The number of fused-ring (bicyclic) bond motifs is 1. The summed E-state index contributed by atoms with van der Waals surface area (Å²) in [4.78, 5) is 16.3. The van der Waals surface area contributed by atoms with Crippen LogP contribution in [0, 0.1) is 4.77 Å². The summed E-state index contributed by atoms with van der Waals surface area (Å²) >= 11 is 6.80. The Hall–Kier alpha value is -0.980. The SMILES string of the molecule is CCOC1CC(n2c(=S)[nH]c3sccc3c2=O)C1. The van der Waals surface area contributed by atoms with Crippen molar-refractivity contribution >= 4 is 33.8 Å². The van der Waals surface area contributed by atoms with E-state index in [4.69, 9.17) is 17.0 Å². The third kappa shape index (κ3) is 1.84. The fraction of sp³-hybridized carbons (Fsp3) is 0.500. The Labute approximate surface area is 113 Å². The second-order valence-corrected chi connectivity index (χ2v) is 5.77. The molecule has 0 radical (unpaired) electrons. The molecular formula is C12H14N2O2S2. The zero-order valence-electron chi connectivity index (χ0n) is 10.0. The van der Waals surface area contributed by atoms with Crippen molar-refractivity contribution < 1.29 is 4.74 Å². The molecule has 2 aromatic rings. The molecule has 1 aliphatic rings. The first-order valence-electron chi connectivity index (χ1n) is 6.04. The van der Waals surface area contributed by atoms with Crippen molar-refractivity contribution in [3.63, 3.8) is 0 Å². The van der Waals surface area contributed by atoms with E-state index in [2.05, 4.69) is 4.98 Å². The van der Waals surface area contributed by atoms with Crippen LogP contribution in [-0.2, 0) is 4.74 Å². The Bertz CT molecular complexity index is 679. The van der Waals surface area contributed by atoms with Gasteiger partial charge in [-0.15, -0.1) is 11.3 Å². The van der Waals surface area contributed by atoms with Gasteiger partial charge < -0.3 is 9.72 Å². The molecule has 6 heteroatoms. The molecule has 0 unspecified atom stereocenters. The fourth-order valence-corrected chi connectivity index (χ4v) is 3.58. The molecule has 3 rings (SSSR count). The first-order chi connectivity index (χ1) is 8.70. The summed E-state index contributed by atoms with van der Waals surface area (Å²) in [7, 11) is 0. The Morgan fingerprint density at radius 1 is 1.61 bits per heavy atom. The van der Waals surface area contributed by atoms with E-state index in [9.17, 15) is 4.79 Å². The van der Waals surface area contributed by atoms with Gasteiger partial charge in [0.2, 0.25) is 0 Å². The highest BCUT2D eigenvalue weighted by Gasteiger charge is 2.32. The van der Waals surface area contributed by atoms with E-state index in [0.29, 0.717) is 4.77 Å². The highest BCUT2D eigenvalue weighted by atomic mass is 32.1. The Morgan fingerprint density at radius 2 is 2.39 bits per heavy atom. The molecule has 0 spiro atoms. The monoisotopic (exact) mass is 282 g/mol. The molecule has 0 aromatic carbocycles. The summed E-state index contributed by atoms with van der Waals surface area (Å²) in [5, 5.41) is 2.64. The molecular weight excluding hydrogens is 268 g/mol. The van der Waals surface area contributed by atoms with E-state index in [1.54, 1.807) is 4.57 Å². The van der Waals surface area contributed by atoms with Crippen LogP contribution in [0.4, 0.5) is 0 Å². The number of nitrogens with one attached hydrogen (secondary N) is 1. The molecule has 2 heterocycles. The minimum atomic E-state index is 0.0231. The molecule has 96 valence electrons. The first kappa shape index (κ1) is 12.1. The van der Waals surface area contributed by atoms with E-state index in [1.165, 1.54) is 11.3 Å². The van der Waals surface area contributed by atoms with Gasteiger partial charge in [-0.25, -0.2) is 0 Å². The van der Waals surface area contributed by atoms with Crippen molar-refractivity contribution in [2.24, 2.45) is 0 Å². The van der Waals surface area contributed by atoms with Crippen LogP contribution in [0.25, 0.3) is 10.2 Å². The molecule has 1 aliphatic carbocycles. The van der Waals surface area contributed by atoms with Crippen LogP contribution in [0.3, 0.4) is 0 Å². The molecule has 1 saturated carbocycles. The van der Waals surface area contributed by atoms with Crippen molar-refractivity contribution in [2.75, 3.05) is 6.61 Å². The lowest BCUT2D eigenvalue weighted by atomic mass is 9.89. The molecule has 1 fully saturated rings. The van der Waals surface area contributed by atoms with E-state index < -0.39 is 0 Å². The van der Waals surface area contributed by atoms with Crippen LogP contribution in [0.5, 0.6) is 0 Å². The number of aromatic amines is 1. The van der Waals surface area contributed by atoms with Crippen molar-refractivity contribution in [3.8, 4) is 0 Å². The van der Waals surface area contributed by atoms with Gasteiger partial charge in [0.1, 0.15) is 4.83 Å². The first-order valence-corrected chi connectivity index (χ1v) is 7.33. The maximum atomic E-state index is 12.4. The normalized spacial score (nSPS) is 23.2. The Morgan fingerprint density at radius 3 is 3.11 bits per heavy atom. The van der Waals surface area contributed by atoms with Crippen LogP contribution in [0.2, 0.25) is 0 Å². The molecule has 0 aliphatic heterocycles. The van der Waals surface area contributed by atoms with Gasteiger partial charge in [-0.05, 0) is 43.4 Å². The predicted octanol–water partition coefficient (Wildman–Crippen LogP) is 2.86. The average Bonchev–Trinajstić information content (AvgIpc) is 2.73. The molecule has 0 atom stereocenters. The van der Waals surface area contributed by atoms with Gasteiger partial charge in [0.15, 0.2) is 4.77 Å². The zero-order valence-corrected chi connectivity index (χ0v) is 11.6. The van der Waals surface area contributed by atoms with Crippen molar-refractivity contribution in [3.05, 3.63) is 26.6 Å². The Balaban J connectivity index is 1.98. The van der Waals surface area contributed by atoms with Crippen LogP contribution < -0.4 is 5.56 Å². The summed E-state index contributed by atoms with van der Waals surface area (Å²) in [6.45, 7) is 2.71. The number of thiophene rings is 1. The summed E-state index contributed by atoms with van der Waals surface area (Å²) in [5.74, 6) is 0. The number of aromatic nitrogens is 2. The van der Waals surface area contributed by atoms with Crippen LogP contribution >= 0.6 is 23.6 Å². The van der Waals surface area contributed by atoms with E-state index in [-0.39, 0.29) is 17.7 Å². The second kappa shape index (κ2) is 4.60. The number of hydrogen-bond donors (Lipinski definition) is 1.